The SMILES string of the molecule is O=C(NC(CO)C(=O)O)c1sc2cc(Cl)ccc2c1Cl. The van der Waals surface area contributed by atoms with E-state index in [-0.39, 0.29) is 9.90 Å². The second kappa shape index (κ2) is 5.97. The Morgan fingerprint density at radius 2 is 2.05 bits per heavy atom. The summed E-state index contributed by atoms with van der Waals surface area (Å²) < 4.78 is 0.725. The quantitative estimate of drug-likeness (QED) is 0.801. The van der Waals surface area contributed by atoms with Gasteiger partial charge in [-0.1, -0.05) is 29.3 Å². The summed E-state index contributed by atoms with van der Waals surface area (Å²) in [6.45, 7) is -0.699. The first-order chi connectivity index (χ1) is 9.43. The van der Waals surface area contributed by atoms with Crippen LogP contribution in [-0.2, 0) is 4.79 Å². The monoisotopic (exact) mass is 333 g/mol. The van der Waals surface area contributed by atoms with Gasteiger partial charge in [-0.15, -0.1) is 11.3 Å². The second-order valence-corrected chi connectivity index (χ2v) is 5.80. The molecule has 2 aromatic rings. The number of aliphatic carboxylic acids is 1. The van der Waals surface area contributed by atoms with Crippen LogP contribution in [0.5, 0.6) is 0 Å². The van der Waals surface area contributed by atoms with E-state index in [1.165, 1.54) is 0 Å². The first-order valence-corrected chi connectivity index (χ1v) is 7.03. The van der Waals surface area contributed by atoms with Crippen molar-refractivity contribution in [1.82, 2.24) is 5.32 Å². The highest BCUT2D eigenvalue weighted by Crippen LogP contribution is 2.36. The minimum atomic E-state index is -1.37. The molecule has 1 aromatic heterocycles. The Balaban J connectivity index is 2.35. The van der Waals surface area contributed by atoms with Gasteiger partial charge in [-0.05, 0) is 12.1 Å². The van der Waals surface area contributed by atoms with Gasteiger partial charge in [0, 0.05) is 15.1 Å². The number of thiophene rings is 1. The fourth-order valence-electron chi connectivity index (χ4n) is 1.59. The van der Waals surface area contributed by atoms with Crippen LogP contribution in [0.3, 0.4) is 0 Å². The number of amides is 1. The van der Waals surface area contributed by atoms with Crippen molar-refractivity contribution in [3.63, 3.8) is 0 Å². The summed E-state index contributed by atoms with van der Waals surface area (Å²) in [5.74, 6) is -1.96. The third kappa shape index (κ3) is 2.88. The Morgan fingerprint density at radius 3 is 2.65 bits per heavy atom. The molecule has 20 heavy (non-hydrogen) atoms. The number of aliphatic hydroxyl groups excluding tert-OH is 1. The van der Waals surface area contributed by atoms with Crippen LogP contribution in [0.1, 0.15) is 9.67 Å². The lowest BCUT2D eigenvalue weighted by Gasteiger charge is -2.10. The molecule has 0 bridgehead atoms. The number of fused-ring (bicyclic) bond motifs is 1. The van der Waals surface area contributed by atoms with Crippen LogP contribution < -0.4 is 5.32 Å². The van der Waals surface area contributed by atoms with E-state index in [9.17, 15) is 9.59 Å². The van der Waals surface area contributed by atoms with Crippen molar-refractivity contribution in [2.45, 2.75) is 6.04 Å². The minimum Gasteiger partial charge on any atom is -0.480 e. The Morgan fingerprint density at radius 1 is 1.35 bits per heavy atom. The average molecular weight is 334 g/mol. The molecule has 1 amide bonds. The van der Waals surface area contributed by atoms with Gasteiger partial charge in [-0.2, -0.15) is 0 Å². The lowest BCUT2D eigenvalue weighted by Crippen LogP contribution is -2.43. The zero-order valence-electron chi connectivity index (χ0n) is 9.89. The second-order valence-electron chi connectivity index (χ2n) is 3.93. The number of carbonyl (C=O) groups excluding carboxylic acids is 1. The van der Waals surface area contributed by atoms with Gasteiger partial charge in [0.1, 0.15) is 4.88 Å². The highest BCUT2D eigenvalue weighted by atomic mass is 35.5. The fourth-order valence-corrected chi connectivity index (χ4v) is 3.29. The van der Waals surface area contributed by atoms with E-state index in [4.69, 9.17) is 33.4 Å². The van der Waals surface area contributed by atoms with Crippen molar-refractivity contribution >= 4 is 56.5 Å². The highest BCUT2D eigenvalue weighted by molar-refractivity contribution is 7.21. The number of benzene rings is 1. The molecular formula is C12H9Cl2NO4S. The first-order valence-electron chi connectivity index (χ1n) is 5.46. The molecule has 0 radical (unpaired) electrons. The lowest BCUT2D eigenvalue weighted by atomic mass is 10.2. The molecule has 3 N–H and O–H groups in total. The average Bonchev–Trinajstić information content (AvgIpc) is 2.72. The molecule has 0 aliphatic carbocycles. The molecule has 1 aromatic carbocycles. The number of carbonyl (C=O) groups is 2. The molecule has 0 fully saturated rings. The van der Waals surface area contributed by atoms with E-state index < -0.39 is 24.5 Å². The summed E-state index contributed by atoms with van der Waals surface area (Å²) in [5, 5.41) is 21.3. The Labute approximate surface area is 127 Å². The number of hydrogen-bond acceptors (Lipinski definition) is 4. The molecule has 0 saturated heterocycles. The van der Waals surface area contributed by atoms with Gasteiger partial charge in [-0.25, -0.2) is 4.79 Å². The summed E-state index contributed by atoms with van der Waals surface area (Å²) in [5.41, 5.74) is 0. The molecule has 2 rings (SSSR count). The van der Waals surface area contributed by atoms with Crippen molar-refractivity contribution in [1.29, 1.82) is 0 Å². The molecule has 1 unspecified atom stereocenters. The van der Waals surface area contributed by atoms with E-state index >= 15 is 0 Å². The fraction of sp³-hybridized carbons (Fsp3) is 0.167. The molecule has 1 atom stereocenters. The number of halogens is 2. The van der Waals surface area contributed by atoms with Crippen LogP contribution in [0, 0.1) is 0 Å². The molecule has 5 nitrogen and oxygen atoms in total. The molecule has 0 aliphatic heterocycles. The molecule has 106 valence electrons. The van der Waals surface area contributed by atoms with E-state index in [0.717, 1.165) is 16.0 Å². The first kappa shape index (κ1) is 15.1. The van der Waals surface area contributed by atoms with E-state index in [0.29, 0.717) is 10.4 Å². The number of carboxylic acid groups (broad SMARTS) is 1. The Bertz CT molecular complexity index is 685. The van der Waals surface area contributed by atoms with Crippen LogP contribution in [0.25, 0.3) is 10.1 Å². The molecule has 0 saturated carbocycles. The largest absolute Gasteiger partial charge is 0.480 e. The molecule has 0 aliphatic rings. The van der Waals surface area contributed by atoms with Crippen LogP contribution in [-0.4, -0.2) is 34.7 Å². The van der Waals surface area contributed by atoms with Crippen LogP contribution >= 0.6 is 34.5 Å². The van der Waals surface area contributed by atoms with Gasteiger partial charge in [0.25, 0.3) is 5.91 Å². The van der Waals surface area contributed by atoms with Crippen molar-refractivity contribution in [2.24, 2.45) is 0 Å². The Hall–Kier alpha value is -1.34. The zero-order chi connectivity index (χ0) is 14.9. The van der Waals surface area contributed by atoms with Crippen molar-refractivity contribution in [2.75, 3.05) is 6.61 Å². The van der Waals surface area contributed by atoms with Crippen LogP contribution in [0.15, 0.2) is 18.2 Å². The van der Waals surface area contributed by atoms with E-state index in [2.05, 4.69) is 5.32 Å². The van der Waals surface area contributed by atoms with Crippen molar-refractivity contribution in [3.8, 4) is 0 Å². The smallest absolute Gasteiger partial charge is 0.328 e. The maximum absolute atomic E-state index is 12.0. The normalized spacial score (nSPS) is 12.3. The maximum Gasteiger partial charge on any atom is 0.328 e. The predicted octanol–water partition coefficient (Wildman–Crippen LogP) is 2.38. The summed E-state index contributed by atoms with van der Waals surface area (Å²) in [6.07, 6.45) is 0. The van der Waals surface area contributed by atoms with E-state index in [1.54, 1.807) is 18.2 Å². The Kier molecular flexibility index (Phi) is 4.49. The molecule has 0 spiro atoms. The number of hydrogen-bond donors (Lipinski definition) is 3. The van der Waals surface area contributed by atoms with Gasteiger partial charge >= 0.3 is 5.97 Å². The van der Waals surface area contributed by atoms with Crippen molar-refractivity contribution < 1.29 is 19.8 Å². The van der Waals surface area contributed by atoms with Crippen molar-refractivity contribution in [3.05, 3.63) is 33.1 Å². The zero-order valence-corrected chi connectivity index (χ0v) is 12.2. The maximum atomic E-state index is 12.0. The van der Waals surface area contributed by atoms with Crippen LogP contribution in [0.4, 0.5) is 0 Å². The third-order valence-electron chi connectivity index (χ3n) is 2.58. The lowest BCUT2D eigenvalue weighted by molar-refractivity contribution is -0.140. The molecular weight excluding hydrogens is 325 g/mol. The summed E-state index contributed by atoms with van der Waals surface area (Å²) >= 11 is 13.1. The summed E-state index contributed by atoms with van der Waals surface area (Å²) in [7, 11) is 0. The summed E-state index contributed by atoms with van der Waals surface area (Å²) in [6, 6.07) is 3.64. The van der Waals surface area contributed by atoms with Gasteiger partial charge in [-0.3, -0.25) is 4.79 Å². The summed E-state index contributed by atoms with van der Waals surface area (Å²) in [4.78, 5) is 23.0. The van der Waals surface area contributed by atoms with Crippen LogP contribution in [0.2, 0.25) is 10.0 Å². The number of rotatable bonds is 4. The number of nitrogens with one attached hydrogen (secondary N) is 1. The topological polar surface area (TPSA) is 86.6 Å². The van der Waals surface area contributed by atoms with E-state index in [1.807, 2.05) is 0 Å². The predicted molar refractivity (Wildman–Crippen MR) is 77.8 cm³/mol. The number of carboxylic acids is 1. The minimum absolute atomic E-state index is 0.184. The number of aliphatic hydroxyl groups is 1. The highest BCUT2D eigenvalue weighted by Gasteiger charge is 2.23. The third-order valence-corrected chi connectivity index (χ3v) is 4.47. The van der Waals surface area contributed by atoms with Gasteiger partial charge in [0.15, 0.2) is 6.04 Å². The van der Waals surface area contributed by atoms with Gasteiger partial charge < -0.3 is 15.5 Å². The standard InChI is InChI=1S/C12H9Cl2NO4S/c13-5-1-2-6-8(3-5)20-10(9(6)14)11(17)15-7(4-16)12(18)19/h1-3,7,16H,4H2,(H,15,17)(H,18,19). The van der Waals surface area contributed by atoms with Gasteiger partial charge in [0.2, 0.25) is 0 Å². The molecule has 8 heteroatoms. The van der Waals surface area contributed by atoms with Gasteiger partial charge in [0.05, 0.1) is 11.6 Å². The molecule has 1 heterocycles.